The molecule has 2 aromatic carbocycles. The summed E-state index contributed by atoms with van der Waals surface area (Å²) in [5.74, 6) is 0.887. The van der Waals surface area contributed by atoms with E-state index < -0.39 is 0 Å². The Bertz CT molecular complexity index is 757. The Morgan fingerprint density at radius 1 is 1.00 bits per heavy atom. The van der Waals surface area contributed by atoms with Gasteiger partial charge < -0.3 is 14.6 Å². The molecule has 0 spiro atoms. The molecule has 0 aliphatic carbocycles. The van der Waals surface area contributed by atoms with E-state index in [9.17, 15) is 0 Å². The van der Waals surface area contributed by atoms with E-state index in [-0.39, 0.29) is 0 Å². The second kappa shape index (κ2) is 6.24. The van der Waals surface area contributed by atoms with Gasteiger partial charge in [-0.1, -0.05) is 18.2 Å². The van der Waals surface area contributed by atoms with Gasteiger partial charge in [-0.25, -0.2) is 0 Å². The summed E-state index contributed by atoms with van der Waals surface area (Å²) >= 11 is 0. The van der Waals surface area contributed by atoms with E-state index in [4.69, 9.17) is 4.74 Å². The van der Waals surface area contributed by atoms with Crippen molar-refractivity contribution in [1.82, 2.24) is 9.88 Å². The van der Waals surface area contributed by atoms with Crippen molar-refractivity contribution in [3.63, 3.8) is 0 Å². The summed E-state index contributed by atoms with van der Waals surface area (Å²) in [6.45, 7) is 1.06. The molecule has 0 radical (unpaired) electrons. The van der Waals surface area contributed by atoms with Crippen molar-refractivity contribution >= 4 is 10.9 Å². The van der Waals surface area contributed by atoms with Crippen molar-refractivity contribution in [1.29, 1.82) is 0 Å². The van der Waals surface area contributed by atoms with Gasteiger partial charge >= 0.3 is 0 Å². The molecule has 0 bridgehead atoms. The zero-order valence-corrected chi connectivity index (χ0v) is 13.4. The van der Waals surface area contributed by atoms with Gasteiger partial charge in [-0.15, -0.1) is 0 Å². The summed E-state index contributed by atoms with van der Waals surface area (Å²) in [5, 5.41) is 1.31. The number of ether oxygens (including phenoxy) is 1. The van der Waals surface area contributed by atoms with E-state index >= 15 is 0 Å². The van der Waals surface area contributed by atoms with Gasteiger partial charge in [-0.3, -0.25) is 0 Å². The first-order valence-electron chi connectivity index (χ1n) is 7.56. The van der Waals surface area contributed by atoms with Gasteiger partial charge in [0.05, 0.1) is 7.11 Å². The van der Waals surface area contributed by atoms with Crippen LogP contribution in [0.2, 0.25) is 0 Å². The minimum atomic E-state index is 0.887. The second-order valence-corrected chi connectivity index (χ2v) is 5.86. The molecule has 3 aromatic rings. The van der Waals surface area contributed by atoms with Crippen LogP contribution in [0.5, 0.6) is 5.75 Å². The minimum absolute atomic E-state index is 0.887. The van der Waals surface area contributed by atoms with Crippen LogP contribution in [0.4, 0.5) is 0 Å². The van der Waals surface area contributed by atoms with E-state index in [0.29, 0.717) is 0 Å². The van der Waals surface area contributed by atoms with E-state index in [2.05, 4.69) is 60.5 Å². The SMILES string of the molecule is COc1ccc(-c2ccc3[nH]cc(CCN(C)C)c3c2)cc1. The Morgan fingerprint density at radius 2 is 1.73 bits per heavy atom. The maximum atomic E-state index is 5.23. The fourth-order valence-electron chi connectivity index (χ4n) is 2.69. The molecule has 0 fully saturated rings. The fourth-order valence-corrected chi connectivity index (χ4v) is 2.69. The van der Waals surface area contributed by atoms with Crippen LogP contribution in [0.15, 0.2) is 48.7 Å². The summed E-state index contributed by atoms with van der Waals surface area (Å²) in [6.07, 6.45) is 3.19. The highest BCUT2D eigenvalue weighted by atomic mass is 16.5. The molecular formula is C19H22N2O. The Hall–Kier alpha value is -2.26. The summed E-state index contributed by atoms with van der Waals surface area (Å²) in [4.78, 5) is 5.58. The third kappa shape index (κ3) is 3.00. The highest BCUT2D eigenvalue weighted by Gasteiger charge is 2.06. The van der Waals surface area contributed by atoms with Crippen LogP contribution in [0.3, 0.4) is 0 Å². The normalized spacial score (nSPS) is 11.3. The minimum Gasteiger partial charge on any atom is -0.497 e. The summed E-state index contributed by atoms with van der Waals surface area (Å²) in [7, 11) is 5.91. The van der Waals surface area contributed by atoms with Gasteiger partial charge in [0.1, 0.15) is 5.75 Å². The average molecular weight is 294 g/mol. The molecule has 0 aliphatic heterocycles. The molecule has 1 N–H and O–H groups in total. The molecule has 22 heavy (non-hydrogen) atoms. The maximum Gasteiger partial charge on any atom is 0.118 e. The van der Waals surface area contributed by atoms with Crippen LogP contribution in [0.1, 0.15) is 5.56 Å². The van der Waals surface area contributed by atoms with Crippen molar-refractivity contribution < 1.29 is 4.74 Å². The van der Waals surface area contributed by atoms with Crippen molar-refractivity contribution in [2.45, 2.75) is 6.42 Å². The predicted octanol–water partition coefficient (Wildman–Crippen LogP) is 3.95. The van der Waals surface area contributed by atoms with Crippen molar-refractivity contribution in [2.75, 3.05) is 27.7 Å². The van der Waals surface area contributed by atoms with Crippen LogP contribution >= 0.6 is 0 Å². The average Bonchev–Trinajstić information content (AvgIpc) is 2.95. The molecule has 3 nitrogen and oxygen atoms in total. The number of methoxy groups -OCH3 is 1. The van der Waals surface area contributed by atoms with Crippen molar-refractivity contribution in [3.8, 4) is 16.9 Å². The highest BCUT2D eigenvalue weighted by Crippen LogP contribution is 2.28. The van der Waals surface area contributed by atoms with Crippen molar-refractivity contribution in [3.05, 3.63) is 54.2 Å². The summed E-state index contributed by atoms with van der Waals surface area (Å²) in [6, 6.07) is 14.8. The van der Waals surface area contributed by atoms with E-state index in [0.717, 1.165) is 18.7 Å². The zero-order chi connectivity index (χ0) is 15.5. The number of aromatic amines is 1. The Morgan fingerprint density at radius 3 is 2.41 bits per heavy atom. The predicted molar refractivity (Wildman–Crippen MR) is 92.5 cm³/mol. The second-order valence-electron chi connectivity index (χ2n) is 5.86. The topological polar surface area (TPSA) is 28.3 Å². The third-order valence-corrected chi connectivity index (χ3v) is 4.02. The number of H-pyrrole nitrogens is 1. The molecule has 0 amide bonds. The molecule has 0 saturated carbocycles. The van der Waals surface area contributed by atoms with Crippen LogP contribution < -0.4 is 4.74 Å². The van der Waals surface area contributed by atoms with Gasteiger partial charge in [-0.2, -0.15) is 0 Å². The first-order valence-corrected chi connectivity index (χ1v) is 7.56. The number of nitrogens with zero attached hydrogens (tertiary/aromatic N) is 1. The lowest BCUT2D eigenvalue weighted by atomic mass is 10.0. The van der Waals surface area contributed by atoms with E-state index in [1.807, 2.05) is 12.1 Å². The summed E-state index contributed by atoms with van der Waals surface area (Å²) < 4.78 is 5.23. The number of rotatable bonds is 5. The molecule has 1 heterocycles. The number of hydrogen-bond acceptors (Lipinski definition) is 2. The number of benzene rings is 2. The van der Waals surface area contributed by atoms with Gasteiger partial charge in [0.2, 0.25) is 0 Å². The number of aromatic nitrogens is 1. The first-order chi connectivity index (χ1) is 10.7. The Labute approximate surface area is 131 Å². The fraction of sp³-hybridized carbons (Fsp3) is 0.263. The number of fused-ring (bicyclic) bond motifs is 1. The molecule has 0 saturated heterocycles. The Balaban J connectivity index is 1.94. The Kier molecular flexibility index (Phi) is 4.16. The molecule has 0 atom stereocenters. The highest BCUT2D eigenvalue weighted by molar-refractivity contribution is 5.88. The van der Waals surface area contributed by atoms with E-state index in [1.165, 1.54) is 27.6 Å². The maximum absolute atomic E-state index is 5.23. The first kappa shape index (κ1) is 14.7. The lowest BCUT2D eigenvalue weighted by Gasteiger charge is -2.09. The quantitative estimate of drug-likeness (QED) is 0.772. The van der Waals surface area contributed by atoms with Gasteiger partial charge in [0.15, 0.2) is 0 Å². The van der Waals surface area contributed by atoms with Crippen LogP contribution in [-0.4, -0.2) is 37.6 Å². The van der Waals surface area contributed by atoms with E-state index in [1.54, 1.807) is 7.11 Å². The van der Waals surface area contributed by atoms with Crippen LogP contribution in [0, 0.1) is 0 Å². The monoisotopic (exact) mass is 294 g/mol. The molecule has 3 heteroatoms. The molecule has 0 unspecified atom stereocenters. The molecule has 3 rings (SSSR count). The van der Waals surface area contributed by atoms with Crippen LogP contribution in [-0.2, 0) is 6.42 Å². The lowest BCUT2D eigenvalue weighted by Crippen LogP contribution is -2.14. The number of hydrogen-bond donors (Lipinski definition) is 1. The van der Waals surface area contributed by atoms with Gasteiger partial charge in [-0.05, 0) is 61.5 Å². The molecular weight excluding hydrogens is 272 g/mol. The zero-order valence-electron chi connectivity index (χ0n) is 13.4. The van der Waals surface area contributed by atoms with Crippen molar-refractivity contribution in [2.24, 2.45) is 0 Å². The van der Waals surface area contributed by atoms with Gasteiger partial charge in [0, 0.05) is 23.6 Å². The molecule has 0 aliphatic rings. The van der Waals surface area contributed by atoms with Crippen LogP contribution in [0.25, 0.3) is 22.0 Å². The summed E-state index contributed by atoms with van der Waals surface area (Å²) in [5.41, 5.74) is 5.02. The molecule has 1 aromatic heterocycles. The number of nitrogens with one attached hydrogen (secondary N) is 1. The smallest absolute Gasteiger partial charge is 0.118 e. The third-order valence-electron chi connectivity index (χ3n) is 4.02. The largest absolute Gasteiger partial charge is 0.497 e. The number of likely N-dealkylation sites (N-methyl/N-ethyl adjacent to an activating group) is 1. The standard InChI is InChI=1S/C19H22N2O/c1-21(2)11-10-16-13-20-19-9-6-15(12-18(16)19)14-4-7-17(22-3)8-5-14/h4-9,12-13,20H,10-11H2,1-3H3. The lowest BCUT2D eigenvalue weighted by molar-refractivity contribution is 0.414. The molecule has 114 valence electrons. The van der Waals surface area contributed by atoms with Gasteiger partial charge in [0.25, 0.3) is 0 Å².